The number of hydrogen-bond acceptors (Lipinski definition) is 3. The number of imidazole rings is 1. The third kappa shape index (κ3) is 1.64. The molecule has 0 spiro atoms. The van der Waals surface area contributed by atoms with Crippen molar-refractivity contribution in [3.63, 3.8) is 0 Å². The first-order chi connectivity index (χ1) is 6.81. The third-order valence-electron chi connectivity index (χ3n) is 2.42. The average molecular weight is 194 g/mol. The zero-order chi connectivity index (χ0) is 9.97. The predicted molar refractivity (Wildman–Crippen MR) is 50.6 cm³/mol. The summed E-state index contributed by atoms with van der Waals surface area (Å²) in [6.45, 7) is 3.05. The average Bonchev–Trinajstić information content (AvgIpc) is 2.74. The topological polar surface area (TPSA) is 44.1 Å². The van der Waals surface area contributed by atoms with Gasteiger partial charge in [0.15, 0.2) is 0 Å². The summed E-state index contributed by atoms with van der Waals surface area (Å²) in [4.78, 5) is 15.0. The molecule has 4 nitrogen and oxygen atoms in total. The smallest absolute Gasteiger partial charge is 0.306 e. The van der Waals surface area contributed by atoms with Gasteiger partial charge in [0.2, 0.25) is 0 Å². The summed E-state index contributed by atoms with van der Waals surface area (Å²) in [5.41, 5.74) is 1.03. The van der Waals surface area contributed by atoms with Gasteiger partial charge < -0.3 is 9.30 Å². The van der Waals surface area contributed by atoms with Crippen LogP contribution in [0, 0.1) is 0 Å². The summed E-state index contributed by atoms with van der Waals surface area (Å²) in [6, 6.07) is 0. The van der Waals surface area contributed by atoms with Crippen molar-refractivity contribution >= 4 is 5.97 Å². The maximum absolute atomic E-state index is 11.0. The highest BCUT2D eigenvalue weighted by Crippen LogP contribution is 2.28. The largest absolute Gasteiger partial charge is 0.456 e. The van der Waals surface area contributed by atoms with Crippen molar-refractivity contribution in [3.05, 3.63) is 18.2 Å². The number of rotatable bonds is 3. The molecule has 4 heteroatoms. The van der Waals surface area contributed by atoms with Crippen LogP contribution < -0.4 is 0 Å². The molecule has 0 saturated carbocycles. The number of aryl methyl sites for hydroxylation is 1. The molecule has 1 atom stereocenters. The van der Waals surface area contributed by atoms with Gasteiger partial charge in [-0.25, -0.2) is 4.98 Å². The molecular formula is C10H14N2O2. The van der Waals surface area contributed by atoms with E-state index < -0.39 is 0 Å². The number of carbonyl (C=O) groups is 1. The van der Waals surface area contributed by atoms with E-state index >= 15 is 0 Å². The standard InChI is InChI=1S/C10H14N2O2/c1-2-5-12-7-11-6-8(12)9-3-4-10(13)14-9/h6-7,9H,2-5H2,1H3. The Morgan fingerprint density at radius 3 is 3.21 bits per heavy atom. The Hall–Kier alpha value is -1.32. The Morgan fingerprint density at radius 1 is 1.71 bits per heavy atom. The van der Waals surface area contributed by atoms with Crippen LogP contribution >= 0.6 is 0 Å². The van der Waals surface area contributed by atoms with Crippen molar-refractivity contribution in [3.8, 4) is 0 Å². The van der Waals surface area contributed by atoms with Crippen molar-refractivity contribution in [2.45, 2.75) is 38.8 Å². The van der Waals surface area contributed by atoms with E-state index in [-0.39, 0.29) is 12.1 Å². The van der Waals surface area contributed by atoms with E-state index in [1.54, 1.807) is 12.5 Å². The van der Waals surface area contributed by atoms with Gasteiger partial charge in [-0.2, -0.15) is 0 Å². The Balaban J connectivity index is 2.14. The van der Waals surface area contributed by atoms with Gasteiger partial charge in [0.1, 0.15) is 6.10 Å². The van der Waals surface area contributed by atoms with Gasteiger partial charge in [-0.05, 0) is 6.42 Å². The van der Waals surface area contributed by atoms with Crippen LogP contribution in [-0.2, 0) is 16.1 Å². The first kappa shape index (κ1) is 9.24. The van der Waals surface area contributed by atoms with Crippen LogP contribution in [0.15, 0.2) is 12.5 Å². The summed E-state index contributed by atoms with van der Waals surface area (Å²) in [5.74, 6) is -0.0979. The number of esters is 1. The Bertz CT molecular complexity index is 333. The number of carbonyl (C=O) groups excluding carboxylic acids is 1. The monoisotopic (exact) mass is 194 g/mol. The van der Waals surface area contributed by atoms with E-state index in [4.69, 9.17) is 4.74 Å². The second-order valence-electron chi connectivity index (χ2n) is 3.53. The molecule has 1 saturated heterocycles. The van der Waals surface area contributed by atoms with Gasteiger partial charge in [0.25, 0.3) is 0 Å². The molecule has 2 rings (SSSR count). The van der Waals surface area contributed by atoms with E-state index in [0.29, 0.717) is 6.42 Å². The maximum atomic E-state index is 11.0. The Labute approximate surface area is 82.9 Å². The van der Waals surface area contributed by atoms with E-state index in [2.05, 4.69) is 16.5 Å². The van der Waals surface area contributed by atoms with Crippen LogP contribution in [0.2, 0.25) is 0 Å². The lowest BCUT2D eigenvalue weighted by Gasteiger charge is -2.11. The maximum Gasteiger partial charge on any atom is 0.306 e. The fourth-order valence-corrected chi connectivity index (χ4v) is 1.76. The minimum Gasteiger partial charge on any atom is -0.456 e. The molecule has 0 N–H and O–H groups in total. The molecule has 0 aromatic carbocycles. The highest BCUT2D eigenvalue weighted by molar-refractivity contribution is 5.71. The van der Waals surface area contributed by atoms with Crippen molar-refractivity contribution < 1.29 is 9.53 Å². The first-order valence-electron chi connectivity index (χ1n) is 5.00. The van der Waals surface area contributed by atoms with Crippen molar-refractivity contribution in [2.75, 3.05) is 0 Å². The van der Waals surface area contributed by atoms with Crippen molar-refractivity contribution in [2.24, 2.45) is 0 Å². The first-order valence-corrected chi connectivity index (χ1v) is 5.00. The zero-order valence-electron chi connectivity index (χ0n) is 8.27. The van der Waals surface area contributed by atoms with Gasteiger partial charge in [0, 0.05) is 19.4 Å². The molecule has 1 aliphatic rings. The molecule has 0 bridgehead atoms. The van der Waals surface area contributed by atoms with Crippen molar-refractivity contribution in [1.29, 1.82) is 0 Å². The van der Waals surface area contributed by atoms with E-state index in [1.165, 1.54) is 0 Å². The van der Waals surface area contributed by atoms with Crippen molar-refractivity contribution in [1.82, 2.24) is 9.55 Å². The molecule has 1 fully saturated rings. The number of ether oxygens (including phenoxy) is 1. The molecule has 1 aromatic rings. The highest BCUT2D eigenvalue weighted by atomic mass is 16.5. The number of hydrogen-bond donors (Lipinski definition) is 0. The highest BCUT2D eigenvalue weighted by Gasteiger charge is 2.27. The number of cyclic esters (lactones) is 1. The molecule has 1 unspecified atom stereocenters. The van der Waals surface area contributed by atoms with Crippen LogP contribution in [0.3, 0.4) is 0 Å². The number of nitrogens with zero attached hydrogens (tertiary/aromatic N) is 2. The Kier molecular flexibility index (Phi) is 2.52. The van der Waals surface area contributed by atoms with E-state index in [0.717, 1.165) is 25.1 Å². The van der Waals surface area contributed by atoms with E-state index in [1.807, 2.05) is 0 Å². The van der Waals surface area contributed by atoms with Gasteiger partial charge in [0.05, 0.1) is 18.2 Å². The summed E-state index contributed by atoms with van der Waals surface area (Å²) < 4.78 is 7.25. The lowest BCUT2D eigenvalue weighted by molar-refractivity contribution is -0.141. The third-order valence-corrected chi connectivity index (χ3v) is 2.42. The fourth-order valence-electron chi connectivity index (χ4n) is 1.76. The molecule has 0 radical (unpaired) electrons. The second kappa shape index (κ2) is 3.82. The lowest BCUT2D eigenvalue weighted by Crippen LogP contribution is -2.06. The SMILES string of the molecule is CCCn1cncc1C1CCC(=O)O1. The summed E-state index contributed by atoms with van der Waals surface area (Å²) in [6.07, 6.45) is 5.89. The molecular weight excluding hydrogens is 180 g/mol. The van der Waals surface area contributed by atoms with E-state index in [9.17, 15) is 4.79 Å². The van der Waals surface area contributed by atoms with Gasteiger partial charge in [-0.3, -0.25) is 4.79 Å². The summed E-state index contributed by atoms with van der Waals surface area (Å²) in [5, 5.41) is 0. The molecule has 0 amide bonds. The van der Waals surface area contributed by atoms with Crippen LogP contribution in [0.5, 0.6) is 0 Å². The predicted octanol–water partition coefficient (Wildman–Crippen LogP) is 1.67. The molecule has 14 heavy (non-hydrogen) atoms. The number of aromatic nitrogens is 2. The van der Waals surface area contributed by atoms with Crippen LogP contribution in [-0.4, -0.2) is 15.5 Å². The lowest BCUT2D eigenvalue weighted by atomic mass is 10.2. The van der Waals surface area contributed by atoms with Gasteiger partial charge >= 0.3 is 5.97 Å². The molecule has 2 heterocycles. The fraction of sp³-hybridized carbons (Fsp3) is 0.600. The Morgan fingerprint density at radius 2 is 2.57 bits per heavy atom. The quantitative estimate of drug-likeness (QED) is 0.687. The zero-order valence-corrected chi connectivity index (χ0v) is 8.27. The van der Waals surface area contributed by atoms with Gasteiger partial charge in [-0.1, -0.05) is 6.92 Å². The minimum absolute atomic E-state index is 0.0726. The summed E-state index contributed by atoms with van der Waals surface area (Å²) in [7, 11) is 0. The molecule has 1 aliphatic heterocycles. The van der Waals surface area contributed by atoms with Gasteiger partial charge in [-0.15, -0.1) is 0 Å². The normalized spacial score (nSPS) is 21.2. The molecule has 0 aliphatic carbocycles. The summed E-state index contributed by atoms with van der Waals surface area (Å²) >= 11 is 0. The second-order valence-corrected chi connectivity index (χ2v) is 3.53. The van der Waals surface area contributed by atoms with Crippen LogP contribution in [0.4, 0.5) is 0 Å². The van der Waals surface area contributed by atoms with Crippen LogP contribution in [0.25, 0.3) is 0 Å². The minimum atomic E-state index is -0.0979. The molecule has 76 valence electrons. The molecule has 1 aromatic heterocycles. The van der Waals surface area contributed by atoms with Crippen LogP contribution in [0.1, 0.15) is 38.0 Å².